The van der Waals surface area contributed by atoms with Gasteiger partial charge in [0.1, 0.15) is 7.85 Å². The van der Waals surface area contributed by atoms with Crippen molar-refractivity contribution in [1.82, 2.24) is 5.32 Å². The molecule has 7 nitrogen and oxygen atoms in total. The number of hydrogen-bond donors (Lipinski definition) is 1. The number of carbonyl (C=O) groups excluding carboxylic acids is 4. The van der Waals surface area contributed by atoms with Gasteiger partial charge in [0.25, 0.3) is 0 Å². The van der Waals surface area contributed by atoms with Gasteiger partial charge < -0.3 is 14.8 Å². The monoisotopic (exact) mass is 584 g/mol. The molecular weight excluding hydrogens is 534 g/mol. The number of carbonyl (C=O) groups is 4. The molecule has 1 saturated heterocycles. The summed E-state index contributed by atoms with van der Waals surface area (Å²) in [5.74, 6) is 0.511. The number of rotatable bonds is 16. The van der Waals surface area contributed by atoms with Crippen LogP contribution in [0.4, 0.5) is 5.69 Å². The predicted molar refractivity (Wildman–Crippen MR) is 174 cm³/mol. The fourth-order valence-electron chi connectivity index (χ4n) is 4.79. The summed E-state index contributed by atoms with van der Waals surface area (Å²) in [5.41, 5.74) is 0.820. The van der Waals surface area contributed by atoms with E-state index in [-0.39, 0.29) is 56.9 Å². The van der Waals surface area contributed by atoms with Crippen LogP contribution in [0.2, 0.25) is 5.31 Å². The lowest BCUT2D eigenvalue weighted by molar-refractivity contribution is -0.123. The zero-order valence-corrected chi connectivity index (χ0v) is 27.8. The van der Waals surface area contributed by atoms with E-state index in [1.807, 2.05) is 59.8 Å². The number of benzene rings is 1. The number of nitrogens with one attached hydrogen (secondary N) is 1. The van der Waals surface area contributed by atoms with Crippen molar-refractivity contribution in [2.24, 2.45) is 0 Å². The van der Waals surface area contributed by atoms with Gasteiger partial charge in [-0.05, 0) is 87.6 Å². The normalized spacial score (nSPS) is 18.0. The van der Waals surface area contributed by atoms with E-state index >= 15 is 0 Å². The zero-order valence-electron chi connectivity index (χ0n) is 26.9. The highest BCUT2D eigenvalue weighted by Crippen LogP contribution is 2.34. The van der Waals surface area contributed by atoms with Crippen molar-refractivity contribution in [1.29, 1.82) is 0 Å². The molecule has 0 aromatic heterocycles. The van der Waals surface area contributed by atoms with E-state index in [1.54, 1.807) is 7.85 Å². The summed E-state index contributed by atoms with van der Waals surface area (Å²) in [7, 11) is 3.57. The fraction of sp³-hybridized carbons (Fsp3) is 0.677. The summed E-state index contributed by atoms with van der Waals surface area (Å²) >= 11 is 1.51. The SMILES string of the molecule is BC(=O)C(B)(C)CCOC(C)(C)CCC(C)(C)NC(=O)CCC(C)(C)c1ccc(N2C(=O)CC(SCC)C2=O)cc1. The Morgan fingerprint density at radius 1 is 1.00 bits per heavy atom. The molecule has 2 atom stereocenters. The number of thioether (sulfide) groups is 1. The molecule has 0 bridgehead atoms. The summed E-state index contributed by atoms with van der Waals surface area (Å²) in [6, 6.07) is 7.58. The first-order valence-electron chi connectivity index (χ1n) is 14.9. The molecule has 41 heavy (non-hydrogen) atoms. The second-order valence-corrected chi connectivity index (χ2v) is 15.4. The Hall–Kier alpha value is -2.06. The molecule has 3 amide bonds. The summed E-state index contributed by atoms with van der Waals surface area (Å²) in [4.78, 5) is 51.2. The molecule has 1 aliphatic heterocycles. The van der Waals surface area contributed by atoms with E-state index in [1.165, 1.54) is 16.7 Å². The molecule has 2 unspecified atom stereocenters. The van der Waals surface area contributed by atoms with E-state index in [0.29, 0.717) is 31.6 Å². The van der Waals surface area contributed by atoms with Gasteiger partial charge in [0.2, 0.25) is 17.7 Å². The smallest absolute Gasteiger partial charge is 0.247 e. The minimum absolute atomic E-state index is 0.00866. The lowest BCUT2D eigenvalue weighted by Gasteiger charge is -2.33. The third-order valence-electron chi connectivity index (χ3n) is 8.36. The highest BCUT2D eigenvalue weighted by Gasteiger charge is 2.39. The highest BCUT2D eigenvalue weighted by atomic mass is 32.2. The third kappa shape index (κ3) is 10.3. The number of hydrogen-bond acceptors (Lipinski definition) is 6. The van der Waals surface area contributed by atoms with Crippen LogP contribution in [0.25, 0.3) is 0 Å². The molecule has 1 aromatic carbocycles. The summed E-state index contributed by atoms with van der Waals surface area (Å²) in [6.07, 6.45) is 3.51. The number of ether oxygens (including phenoxy) is 1. The Morgan fingerprint density at radius 3 is 2.17 bits per heavy atom. The molecule has 226 valence electrons. The maximum Gasteiger partial charge on any atom is 0.247 e. The van der Waals surface area contributed by atoms with E-state index in [9.17, 15) is 19.2 Å². The third-order valence-corrected chi connectivity index (χ3v) is 9.46. The van der Waals surface area contributed by atoms with Crippen LogP contribution < -0.4 is 10.2 Å². The van der Waals surface area contributed by atoms with Crippen LogP contribution >= 0.6 is 11.8 Å². The molecule has 1 aromatic rings. The van der Waals surface area contributed by atoms with Crippen LogP contribution in [0.3, 0.4) is 0 Å². The van der Waals surface area contributed by atoms with Crippen molar-refractivity contribution >= 4 is 56.5 Å². The second-order valence-electron chi connectivity index (χ2n) is 13.9. The Labute approximate surface area is 253 Å². The maximum atomic E-state index is 12.9. The highest BCUT2D eigenvalue weighted by molar-refractivity contribution is 8.00. The molecule has 1 fully saturated rings. The van der Waals surface area contributed by atoms with Crippen molar-refractivity contribution in [2.75, 3.05) is 17.3 Å². The van der Waals surface area contributed by atoms with Gasteiger partial charge in [0, 0.05) is 25.0 Å². The van der Waals surface area contributed by atoms with Crippen LogP contribution in [0, 0.1) is 0 Å². The molecule has 1 aliphatic rings. The van der Waals surface area contributed by atoms with Gasteiger partial charge in [-0.25, -0.2) is 4.90 Å². The lowest BCUT2D eigenvalue weighted by atomic mass is 9.60. The predicted octanol–water partition coefficient (Wildman–Crippen LogP) is 3.96. The van der Waals surface area contributed by atoms with Gasteiger partial charge in [-0.1, -0.05) is 39.8 Å². The van der Waals surface area contributed by atoms with Crippen molar-refractivity contribution in [3.63, 3.8) is 0 Å². The molecule has 10 heteroatoms. The van der Waals surface area contributed by atoms with Gasteiger partial charge in [0.15, 0.2) is 7.85 Å². The second kappa shape index (κ2) is 13.9. The van der Waals surface area contributed by atoms with Gasteiger partial charge in [-0.15, -0.1) is 11.8 Å². The van der Waals surface area contributed by atoms with Crippen molar-refractivity contribution < 1.29 is 23.9 Å². The topological polar surface area (TPSA) is 92.8 Å². The van der Waals surface area contributed by atoms with E-state index in [4.69, 9.17) is 4.74 Å². The van der Waals surface area contributed by atoms with E-state index < -0.39 is 0 Å². The van der Waals surface area contributed by atoms with Crippen molar-refractivity contribution in [3.8, 4) is 0 Å². The van der Waals surface area contributed by atoms with E-state index in [2.05, 4.69) is 33.0 Å². The largest absolute Gasteiger partial charge is 0.376 e. The first-order valence-corrected chi connectivity index (χ1v) is 15.9. The quantitative estimate of drug-likeness (QED) is 0.234. The van der Waals surface area contributed by atoms with Crippen LogP contribution in [-0.4, -0.2) is 67.8 Å². The zero-order chi connectivity index (χ0) is 31.2. The first kappa shape index (κ1) is 35.1. The molecule has 0 radical (unpaired) electrons. The van der Waals surface area contributed by atoms with Gasteiger partial charge >= 0.3 is 0 Å². The molecule has 1 heterocycles. The minimum atomic E-state index is -0.387. The molecular formula is C31H50B2N2O5S. The van der Waals surface area contributed by atoms with Crippen LogP contribution in [0.1, 0.15) is 99.5 Å². The summed E-state index contributed by atoms with van der Waals surface area (Å²) < 4.78 is 6.12. The van der Waals surface area contributed by atoms with Crippen LogP contribution in [0.5, 0.6) is 0 Å². The lowest BCUT2D eigenvalue weighted by Crippen LogP contribution is -2.45. The van der Waals surface area contributed by atoms with Crippen molar-refractivity contribution in [3.05, 3.63) is 29.8 Å². The minimum Gasteiger partial charge on any atom is -0.376 e. The molecule has 0 aliphatic carbocycles. The molecule has 0 saturated carbocycles. The molecule has 2 rings (SSSR count). The Kier molecular flexibility index (Phi) is 11.9. The number of anilines is 1. The standard InChI is InChI=1S/C31H50B2N2O5S/c1-9-41-23-20-25(37)35(26(23)38)22-12-10-21(11-13-22)28(2,3)15-14-24(36)34-29(4,5)16-17-30(6,7)40-19-18-31(8,33)27(32)39/h10-13,23H,9,14-20,32-33H2,1-8H3,(H,34,36). The molecule has 1 N–H and O–H groups in total. The Morgan fingerprint density at radius 2 is 1.61 bits per heavy atom. The van der Waals surface area contributed by atoms with E-state index in [0.717, 1.165) is 24.2 Å². The average molecular weight is 584 g/mol. The van der Waals surface area contributed by atoms with Gasteiger partial charge in [-0.3, -0.25) is 14.4 Å². The van der Waals surface area contributed by atoms with Crippen molar-refractivity contribution in [2.45, 2.75) is 121 Å². The number of amides is 3. The number of imide groups is 1. The van der Waals surface area contributed by atoms with Gasteiger partial charge in [-0.2, -0.15) is 0 Å². The first-order chi connectivity index (χ1) is 18.8. The molecule has 0 spiro atoms. The van der Waals surface area contributed by atoms with Crippen LogP contribution in [-0.2, 0) is 29.3 Å². The van der Waals surface area contributed by atoms with Gasteiger partial charge in [0.05, 0.1) is 22.2 Å². The van der Waals surface area contributed by atoms with Crippen LogP contribution in [0.15, 0.2) is 24.3 Å². The Balaban J connectivity index is 1.87. The Bertz CT molecular complexity index is 1100. The summed E-state index contributed by atoms with van der Waals surface area (Å²) in [6.45, 7) is 16.8. The average Bonchev–Trinajstić information content (AvgIpc) is 3.14. The summed E-state index contributed by atoms with van der Waals surface area (Å²) in [5, 5.41) is 2.51. The fourth-order valence-corrected chi connectivity index (χ4v) is 5.70. The number of nitrogens with zero attached hydrogens (tertiary/aromatic N) is 1. The maximum absolute atomic E-state index is 12.9.